The molecule has 2 unspecified atom stereocenters. The van der Waals surface area contributed by atoms with Crippen molar-refractivity contribution < 1.29 is 29.3 Å². The molecule has 9 nitrogen and oxygen atoms in total. The lowest BCUT2D eigenvalue weighted by molar-refractivity contribution is -0.124. The molecule has 2 atom stereocenters. The molecule has 0 saturated heterocycles. The van der Waals surface area contributed by atoms with Crippen LogP contribution in [0.1, 0.15) is 46.8 Å². The molecule has 35 heavy (non-hydrogen) atoms. The van der Waals surface area contributed by atoms with E-state index in [2.05, 4.69) is 16.0 Å². The Kier molecular flexibility index (Phi) is 13.6. The van der Waals surface area contributed by atoms with Gasteiger partial charge >= 0.3 is 0 Å². The Morgan fingerprint density at radius 3 is 2.31 bits per heavy atom. The zero-order valence-corrected chi connectivity index (χ0v) is 21.7. The molecule has 2 aromatic carbocycles. The van der Waals surface area contributed by atoms with Crippen LogP contribution in [0.2, 0.25) is 0 Å². The topological polar surface area (TPSA) is 137 Å². The molecule has 192 valence electrons. The number of carbonyl (C=O) groups is 3. The minimum absolute atomic E-state index is 0. The Morgan fingerprint density at radius 1 is 1.00 bits per heavy atom. The van der Waals surface area contributed by atoms with Gasteiger partial charge in [-0.3, -0.25) is 14.4 Å². The maximum atomic E-state index is 12.5. The van der Waals surface area contributed by atoms with E-state index in [1.54, 1.807) is 49.4 Å². The van der Waals surface area contributed by atoms with Gasteiger partial charge in [0.2, 0.25) is 11.8 Å². The number of aryl methyl sites for hydroxylation is 1. The number of rotatable bonds is 13. The number of benzene rings is 2. The van der Waals surface area contributed by atoms with E-state index >= 15 is 0 Å². The summed E-state index contributed by atoms with van der Waals surface area (Å²) in [4.78, 5) is 37.1. The van der Waals surface area contributed by atoms with Crippen molar-refractivity contribution in [2.24, 2.45) is 0 Å². The van der Waals surface area contributed by atoms with Gasteiger partial charge in [0.15, 0.2) is 0 Å². The predicted molar refractivity (Wildman–Crippen MR) is 138 cm³/mol. The van der Waals surface area contributed by atoms with Crippen molar-refractivity contribution in [2.75, 3.05) is 19.7 Å². The number of nitrogens with one attached hydrogen (secondary N) is 3. The zero-order chi connectivity index (χ0) is 24.9. The van der Waals surface area contributed by atoms with Gasteiger partial charge in [-0.2, -0.15) is 9.90 Å². The number of likely N-dealkylation sites (N-methyl/N-ethyl adjacent to an activating group) is 1. The van der Waals surface area contributed by atoms with Crippen LogP contribution in [0.15, 0.2) is 42.5 Å². The summed E-state index contributed by atoms with van der Waals surface area (Å²) in [5, 5.41) is 26.5. The van der Waals surface area contributed by atoms with Crippen LogP contribution in [0.25, 0.3) is 0 Å². The fourth-order valence-electron chi connectivity index (χ4n) is 3.21. The third-order valence-corrected chi connectivity index (χ3v) is 5.21. The highest BCUT2D eigenvalue weighted by Crippen LogP contribution is 2.17. The molecule has 2 aromatic rings. The van der Waals surface area contributed by atoms with Crippen molar-refractivity contribution in [1.82, 2.24) is 16.0 Å². The van der Waals surface area contributed by atoms with E-state index < -0.39 is 11.9 Å². The van der Waals surface area contributed by atoms with Crippen molar-refractivity contribution in [2.45, 2.75) is 45.9 Å². The van der Waals surface area contributed by atoms with E-state index in [4.69, 9.17) is 9.84 Å². The second-order valence-electron chi connectivity index (χ2n) is 7.76. The van der Waals surface area contributed by atoms with E-state index in [9.17, 15) is 19.5 Å². The van der Waals surface area contributed by atoms with Crippen LogP contribution < -0.4 is 20.7 Å². The first-order valence-electron chi connectivity index (χ1n) is 11.3. The summed E-state index contributed by atoms with van der Waals surface area (Å²) in [5.41, 5.74) is 2.78. The van der Waals surface area contributed by atoms with Crippen LogP contribution in [-0.4, -0.2) is 53.7 Å². The van der Waals surface area contributed by atoms with Gasteiger partial charge in [0.1, 0.15) is 11.8 Å². The minimum atomic E-state index is -0.811. The van der Waals surface area contributed by atoms with Gasteiger partial charge in [0, 0.05) is 18.7 Å². The molecular formula is C25H36N3O6P. The quantitative estimate of drug-likeness (QED) is 0.260. The van der Waals surface area contributed by atoms with E-state index in [-0.39, 0.29) is 60.9 Å². The summed E-state index contributed by atoms with van der Waals surface area (Å²) < 4.78 is 5.59. The molecule has 0 aromatic heterocycles. The zero-order valence-electron chi connectivity index (χ0n) is 20.3. The average Bonchev–Trinajstić information content (AvgIpc) is 2.83. The number of hydrogen-bond acceptors (Lipinski definition) is 6. The lowest BCUT2D eigenvalue weighted by Gasteiger charge is -2.18. The summed E-state index contributed by atoms with van der Waals surface area (Å²) in [6.45, 7) is 4.30. The maximum absolute atomic E-state index is 12.5. The van der Waals surface area contributed by atoms with Crippen LogP contribution in [0.3, 0.4) is 0 Å². The van der Waals surface area contributed by atoms with Crippen LogP contribution >= 0.6 is 9.90 Å². The maximum Gasteiger partial charge on any atom is 0.251 e. The molecule has 0 bridgehead atoms. The summed E-state index contributed by atoms with van der Waals surface area (Å²) in [5.74, 6) is -0.358. The first kappa shape index (κ1) is 30.0. The van der Waals surface area contributed by atoms with Crippen LogP contribution in [-0.2, 0) is 22.8 Å². The lowest BCUT2D eigenvalue weighted by Crippen LogP contribution is -2.48. The number of hydrogen-bond donors (Lipinski definition) is 5. The number of carbonyl (C=O) groups excluding carboxylic acids is 3. The van der Waals surface area contributed by atoms with Crippen LogP contribution in [0.5, 0.6) is 5.75 Å². The van der Waals surface area contributed by atoms with Crippen molar-refractivity contribution in [1.29, 1.82) is 0 Å². The Balaban J connectivity index is 0.00000612. The number of ether oxygens (including phenoxy) is 1. The molecule has 0 aliphatic heterocycles. The number of aliphatic hydroxyl groups is 2. The van der Waals surface area contributed by atoms with E-state index in [0.717, 1.165) is 11.1 Å². The van der Waals surface area contributed by atoms with Gasteiger partial charge in [-0.05, 0) is 61.2 Å². The third kappa shape index (κ3) is 10.0. The molecule has 0 radical (unpaired) electrons. The molecule has 3 amide bonds. The van der Waals surface area contributed by atoms with Gasteiger partial charge in [0.05, 0.1) is 26.2 Å². The van der Waals surface area contributed by atoms with Gasteiger partial charge < -0.3 is 30.9 Å². The Bertz CT molecular complexity index is 968. The fraction of sp³-hybridized carbons (Fsp3) is 0.400. The first-order chi connectivity index (χ1) is 16.4. The van der Waals surface area contributed by atoms with Crippen molar-refractivity contribution in [3.05, 3.63) is 64.7 Å². The molecular weight excluding hydrogens is 469 g/mol. The summed E-state index contributed by atoms with van der Waals surface area (Å²) in [7, 11) is 0. The highest BCUT2D eigenvalue weighted by atomic mass is 31.0. The fourth-order valence-corrected chi connectivity index (χ4v) is 3.21. The lowest BCUT2D eigenvalue weighted by atomic mass is 10.1. The molecule has 0 fully saturated rings. The molecule has 10 heteroatoms. The SMILES string of the molecule is CCNC(=O)C(CCNC(=O)CCOc1ccc(CO)c(C)c1)NC(=O)c1ccc(CO)cc1.P. The van der Waals surface area contributed by atoms with Crippen molar-refractivity contribution >= 4 is 27.6 Å². The minimum Gasteiger partial charge on any atom is -0.493 e. The summed E-state index contributed by atoms with van der Waals surface area (Å²) in [6, 6.07) is 11.0. The Labute approximate surface area is 209 Å². The Morgan fingerprint density at radius 2 is 1.71 bits per heavy atom. The molecule has 5 N–H and O–H groups in total. The third-order valence-electron chi connectivity index (χ3n) is 5.21. The van der Waals surface area contributed by atoms with Gasteiger partial charge in [0.25, 0.3) is 5.91 Å². The second-order valence-corrected chi connectivity index (χ2v) is 7.76. The van der Waals surface area contributed by atoms with Crippen LogP contribution in [0.4, 0.5) is 0 Å². The van der Waals surface area contributed by atoms with E-state index in [0.29, 0.717) is 23.4 Å². The summed E-state index contributed by atoms with van der Waals surface area (Å²) >= 11 is 0. The highest BCUT2D eigenvalue weighted by molar-refractivity contribution is 6.92. The normalized spacial score (nSPS) is 11.1. The highest BCUT2D eigenvalue weighted by Gasteiger charge is 2.21. The second kappa shape index (κ2) is 15.8. The first-order valence-corrected chi connectivity index (χ1v) is 11.3. The smallest absolute Gasteiger partial charge is 0.251 e. The largest absolute Gasteiger partial charge is 0.493 e. The monoisotopic (exact) mass is 505 g/mol. The standard InChI is InChI=1S/C25H33N3O6.H3P/c1-3-26-25(33)22(28-24(32)19-6-4-18(15-29)5-7-19)10-12-27-23(31)11-13-34-21-9-8-20(16-30)17(2)14-21;/h4-9,14,22,29-30H,3,10-13,15-16H2,1-2H3,(H,26,33)(H,27,31)(H,28,32);1H3. The predicted octanol–water partition coefficient (Wildman–Crippen LogP) is 1.25. The summed E-state index contributed by atoms with van der Waals surface area (Å²) in [6.07, 6.45) is 0.358. The number of aliphatic hydroxyl groups excluding tert-OH is 2. The molecule has 0 saturated carbocycles. The molecule has 0 aliphatic carbocycles. The molecule has 0 spiro atoms. The van der Waals surface area contributed by atoms with E-state index in [1.807, 2.05) is 6.92 Å². The average molecular weight is 506 g/mol. The Hall–Kier alpha value is -3.00. The molecule has 0 heterocycles. The number of amides is 3. The van der Waals surface area contributed by atoms with E-state index in [1.165, 1.54) is 0 Å². The van der Waals surface area contributed by atoms with Gasteiger partial charge in [-0.25, -0.2) is 0 Å². The molecule has 0 aliphatic rings. The van der Waals surface area contributed by atoms with Crippen LogP contribution in [0, 0.1) is 6.92 Å². The van der Waals surface area contributed by atoms with Crippen molar-refractivity contribution in [3.8, 4) is 5.75 Å². The van der Waals surface area contributed by atoms with Crippen molar-refractivity contribution in [3.63, 3.8) is 0 Å². The van der Waals surface area contributed by atoms with Gasteiger partial charge in [-0.1, -0.05) is 18.2 Å². The van der Waals surface area contributed by atoms with Gasteiger partial charge in [-0.15, -0.1) is 0 Å². The molecule has 2 rings (SSSR count).